The number of thioether (sulfide) groups is 1. The summed E-state index contributed by atoms with van der Waals surface area (Å²) in [4.78, 5) is 1.42. The summed E-state index contributed by atoms with van der Waals surface area (Å²) in [6, 6.07) is 8.68. The summed E-state index contributed by atoms with van der Waals surface area (Å²) in [7, 11) is 0. The van der Waals surface area contributed by atoms with E-state index in [9.17, 15) is 5.11 Å². The van der Waals surface area contributed by atoms with Crippen molar-refractivity contribution in [1.82, 2.24) is 0 Å². The van der Waals surface area contributed by atoms with Crippen molar-refractivity contribution < 1.29 is 5.11 Å². The van der Waals surface area contributed by atoms with E-state index in [0.717, 1.165) is 12.2 Å². The highest BCUT2D eigenvalue weighted by Crippen LogP contribution is 2.52. The van der Waals surface area contributed by atoms with Crippen molar-refractivity contribution >= 4 is 11.8 Å². The molecule has 1 heterocycles. The molecule has 2 aliphatic rings. The zero-order valence-corrected chi connectivity index (χ0v) is 11.5. The van der Waals surface area contributed by atoms with Gasteiger partial charge in [-0.1, -0.05) is 18.2 Å². The number of nitrogens with two attached hydrogens (primary N) is 1. The SMILES string of the molecule is NCC(CO)(CC1CSc2ccccc21)C1CC1. The molecule has 18 heavy (non-hydrogen) atoms. The third-order valence-corrected chi connectivity index (χ3v) is 5.87. The van der Waals surface area contributed by atoms with Crippen LogP contribution in [0.1, 0.15) is 30.7 Å². The van der Waals surface area contributed by atoms with Crippen molar-refractivity contribution in [3.8, 4) is 0 Å². The molecule has 0 aromatic heterocycles. The van der Waals surface area contributed by atoms with Crippen LogP contribution in [0.2, 0.25) is 0 Å². The largest absolute Gasteiger partial charge is 0.396 e. The zero-order valence-electron chi connectivity index (χ0n) is 10.6. The molecule has 3 N–H and O–H groups in total. The molecule has 0 saturated heterocycles. The van der Waals surface area contributed by atoms with Gasteiger partial charge < -0.3 is 10.8 Å². The molecule has 0 bridgehead atoms. The van der Waals surface area contributed by atoms with Crippen LogP contribution < -0.4 is 5.73 Å². The fraction of sp³-hybridized carbons (Fsp3) is 0.600. The van der Waals surface area contributed by atoms with E-state index in [2.05, 4.69) is 24.3 Å². The first-order valence-corrected chi connectivity index (χ1v) is 7.80. The zero-order chi connectivity index (χ0) is 12.6. The molecule has 2 unspecified atom stereocenters. The van der Waals surface area contributed by atoms with Gasteiger partial charge in [0.2, 0.25) is 0 Å². The number of benzene rings is 1. The number of aliphatic hydroxyl groups is 1. The van der Waals surface area contributed by atoms with Gasteiger partial charge in [-0.25, -0.2) is 0 Å². The fourth-order valence-electron chi connectivity index (χ4n) is 3.26. The normalized spacial score (nSPS) is 25.8. The third kappa shape index (κ3) is 2.09. The van der Waals surface area contributed by atoms with E-state index in [4.69, 9.17) is 5.73 Å². The lowest BCUT2D eigenvalue weighted by Crippen LogP contribution is -2.38. The maximum Gasteiger partial charge on any atom is 0.0502 e. The lowest BCUT2D eigenvalue weighted by Gasteiger charge is -2.33. The molecule has 0 radical (unpaired) electrons. The molecule has 98 valence electrons. The van der Waals surface area contributed by atoms with Crippen LogP contribution in [0.5, 0.6) is 0 Å². The van der Waals surface area contributed by atoms with Gasteiger partial charge in [-0.05, 0) is 42.7 Å². The minimum absolute atomic E-state index is 0.0251. The number of fused-ring (bicyclic) bond motifs is 1. The smallest absolute Gasteiger partial charge is 0.0502 e. The molecule has 3 heteroatoms. The third-order valence-electron chi connectivity index (χ3n) is 4.62. The first-order chi connectivity index (χ1) is 8.79. The summed E-state index contributed by atoms with van der Waals surface area (Å²) in [5.74, 6) is 2.38. The average Bonchev–Trinajstić information content (AvgIpc) is 3.20. The maximum absolute atomic E-state index is 9.81. The highest BCUT2D eigenvalue weighted by atomic mass is 32.2. The first-order valence-electron chi connectivity index (χ1n) is 6.82. The van der Waals surface area contributed by atoms with Gasteiger partial charge in [0.1, 0.15) is 0 Å². The monoisotopic (exact) mass is 263 g/mol. The predicted molar refractivity (Wildman–Crippen MR) is 75.8 cm³/mol. The van der Waals surface area contributed by atoms with Crippen LogP contribution >= 0.6 is 11.8 Å². The summed E-state index contributed by atoms with van der Waals surface area (Å²) >= 11 is 1.95. The van der Waals surface area contributed by atoms with Crippen LogP contribution in [0, 0.1) is 11.3 Å². The lowest BCUT2D eigenvalue weighted by molar-refractivity contribution is 0.0934. The Morgan fingerprint density at radius 2 is 2.11 bits per heavy atom. The molecule has 1 aliphatic heterocycles. The first kappa shape index (κ1) is 12.5. The standard InChI is InChI=1S/C15H21NOS/c16-9-15(10-17,12-5-6-12)7-11-8-18-14-4-2-1-3-13(11)14/h1-4,11-12,17H,5-10,16H2. The van der Waals surface area contributed by atoms with Gasteiger partial charge in [-0.2, -0.15) is 0 Å². The number of aliphatic hydroxyl groups excluding tert-OH is 1. The Kier molecular flexibility index (Phi) is 3.39. The van der Waals surface area contributed by atoms with E-state index in [1.165, 1.54) is 23.3 Å². The molecule has 0 amide bonds. The maximum atomic E-state index is 9.81. The van der Waals surface area contributed by atoms with Crippen LogP contribution in [-0.2, 0) is 0 Å². The van der Waals surface area contributed by atoms with Gasteiger partial charge in [-0.15, -0.1) is 11.8 Å². The highest BCUT2D eigenvalue weighted by molar-refractivity contribution is 7.99. The van der Waals surface area contributed by atoms with Crippen molar-refractivity contribution in [1.29, 1.82) is 0 Å². The quantitative estimate of drug-likeness (QED) is 0.858. The van der Waals surface area contributed by atoms with Crippen LogP contribution in [0.4, 0.5) is 0 Å². The van der Waals surface area contributed by atoms with Crippen molar-refractivity contribution in [2.45, 2.75) is 30.1 Å². The Bertz CT molecular complexity index is 426. The van der Waals surface area contributed by atoms with Crippen molar-refractivity contribution in [3.63, 3.8) is 0 Å². The van der Waals surface area contributed by atoms with Crippen LogP contribution in [0.15, 0.2) is 29.2 Å². The van der Waals surface area contributed by atoms with E-state index in [1.807, 2.05) is 11.8 Å². The average molecular weight is 263 g/mol. The van der Waals surface area contributed by atoms with Crippen LogP contribution in [0.3, 0.4) is 0 Å². The second kappa shape index (κ2) is 4.87. The van der Waals surface area contributed by atoms with Crippen LogP contribution in [-0.4, -0.2) is 24.0 Å². The van der Waals surface area contributed by atoms with Gasteiger partial charge in [-0.3, -0.25) is 0 Å². The molecule has 1 aliphatic carbocycles. The molecule has 1 saturated carbocycles. The Hall–Kier alpha value is -0.510. The van der Waals surface area contributed by atoms with Gasteiger partial charge in [0, 0.05) is 22.6 Å². The van der Waals surface area contributed by atoms with E-state index in [-0.39, 0.29) is 12.0 Å². The van der Waals surface area contributed by atoms with E-state index in [1.54, 1.807) is 0 Å². The summed E-state index contributed by atoms with van der Waals surface area (Å²) in [6.45, 7) is 0.870. The van der Waals surface area contributed by atoms with Gasteiger partial charge >= 0.3 is 0 Å². The van der Waals surface area contributed by atoms with Gasteiger partial charge in [0.25, 0.3) is 0 Å². The molecule has 1 fully saturated rings. The second-order valence-corrected chi connectivity index (χ2v) is 6.81. The Morgan fingerprint density at radius 1 is 1.33 bits per heavy atom. The molecule has 1 aromatic rings. The van der Waals surface area contributed by atoms with Gasteiger partial charge in [0.15, 0.2) is 0 Å². The molecule has 1 aromatic carbocycles. The fourth-order valence-corrected chi connectivity index (χ4v) is 4.51. The minimum atomic E-state index is -0.0251. The van der Waals surface area contributed by atoms with E-state index >= 15 is 0 Å². The Morgan fingerprint density at radius 3 is 2.78 bits per heavy atom. The van der Waals surface area contributed by atoms with Gasteiger partial charge in [0.05, 0.1) is 6.61 Å². The molecule has 0 spiro atoms. The topological polar surface area (TPSA) is 46.2 Å². The molecular formula is C15H21NOS. The minimum Gasteiger partial charge on any atom is -0.396 e. The summed E-state index contributed by atoms with van der Waals surface area (Å²) in [5, 5.41) is 9.81. The summed E-state index contributed by atoms with van der Waals surface area (Å²) < 4.78 is 0. The van der Waals surface area contributed by atoms with Crippen LogP contribution in [0.25, 0.3) is 0 Å². The number of hydrogen-bond donors (Lipinski definition) is 2. The Balaban J connectivity index is 1.80. The summed E-state index contributed by atoms with van der Waals surface area (Å²) in [5.41, 5.74) is 7.43. The van der Waals surface area contributed by atoms with Crippen molar-refractivity contribution in [3.05, 3.63) is 29.8 Å². The van der Waals surface area contributed by atoms with Crippen molar-refractivity contribution in [2.75, 3.05) is 18.9 Å². The second-order valence-electron chi connectivity index (χ2n) is 5.75. The lowest BCUT2D eigenvalue weighted by atomic mass is 9.74. The molecule has 3 rings (SSSR count). The highest BCUT2D eigenvalue weighted by Gasteiger charge is 2.45. The van der Waals surface area contributed by atoms with E-state index in [0.29, 0.717) is 18.4 Å². The Labute approximate surface area is 113 Å². The predicted octanol–water partition coefficient (Wildman–Crippen LogP) is 2.61. The summed E-state index contributed by atoms with van der Waals surface area (Å²) in [6.07, 6.45) is 3.55. The number of rotatable bonds is 5. The molecule has 2 atom stereocenters. The van der Waals surface area contributed by atoms with E-state index < -0.39 is 0 Å². The molecule has 2 nitrogen and oxygen atoms in total. The van der Waals surface area contributed by atoms with Crippen molar-refractivity contribution in [2.24, 2.45) is 17.1 Å². The molecular weight excluding hydrogens is 242 g/mol. The number of hydrogen-bond acceptors (Lipinski definition) is 3.